The highest BCUT2D eigenvalue weighted by Gasteiger charge is 2.32. The van der Waals surface area contributed by atoms with Crippen molar-refractivity contribution in [3.63, 3.8) is 0 Å². The van der Waals surface area contributed by atoms with Crippen LogP contribution in [0.15, 0.2) is 52.9 Å². The second-order valence-electron chi connectivity index (χ2n) is 11.8. The second-order valence-corrected chi connectivity index (χ2v) is 11.8. The lowest BCUT2D eigenvalue weighted by molar-refractivity contribution is -0.402. The topological polar surface area (TPSA) is 158 Å². The fraction of sp³-hybridized carbons (Fsp3) is 0.444. The van der Waals surface area contributed by atoms with Gasteiger partial charge < -0.3 is 34.2 Å². The molecule has 13 nitrogen and oxygen atoms in total. The van der Waals surface area contributed by atoms with Crippen LogP contribution >= 0.6 is 0 Å². The van der Waals surface area contributed by atoms with Crippen molar-refractivity contribution in [2.24, 2.45) is 0 Å². The zero-order valence-corrected chi connectivity index (χ0v) is 28.1. The number of rotatable bonds is 13. The summed E-state index contributed by atoms with van der Waals surface area (Å²) in [6, 6.07) is 16.7. The van der Waals surface area contributed by atoms with Gasteiger partial charge in [0, 0.05) is 62.3 Å². The van der Waals surface area contributed by atoms with Crippen molar-refractivity contribution >= 4 is 46.6 Å². The summed E-state index contributed by atoms with van der Waals surface area (Å²) in [4.78, 5) is 50.5. The molecule has 262 valence electrons. The van der Waals surface area contributed by atoms with E-state index in [1.807, 2.05) is 24.3 Å². The van der Waals surface area contributed by atoms with Crippen molar-refractivity contribution in [1.82, 2.24) is 9.64 Å². The van der Waals surface area contributed by atoms with Crippen molar-refractivity contribution in [3.05, 3.63) is 80.5 Å². The van der Waals surface area contributed by atoms with Gasteiger partial charge in [-0.05, 0) is 74.9 Å². The number of anilines is 1. The van der Waals surface area contributed by atoms with E-state index in [9.17, 15) is 14.4 Å². The molecule has 2 aliphatic rings. The molecule has 3 aromatic rings. The maximum absolute atomic E-state index is 11.9. The molecule has 0 saturated carbocycles. The monoisotopic (exact) mass is 676 g/mol. The molecule has 2 fully saturated rings. The average Bonchev–Trinajstić information content (AvgIpc) is 3.41. The number of unbranched alkanes of at least 4 members (excludes halogenated alkanes) is 2. The third-order valence-corrected chi connectivity index (χ3v) is 8.39. The van der Waals surface area contributed by atoms with Crippen molar-refractivity contribution < 1.29 is 33.5 Å². The summed E-state index contributed by atoms with van der Waals surface area (Å²) in [6.45, 7) is 8.81. The Morgan fingerprint density at radius 3 is 2.27 bits per heavy atom. The lowest BCUT2D eigenvalue weighted by Crippen LogP contribution is -2.34. The summed E-state index contributed by atoms with van der Waals surface area (Å²) in [7, 11) is 0. The van der Waals surface area contributed by atoms with Crippen LogP contribution in [-0.2, 0) is 19.2 Å². The zero-order chi connectivity index (χ0) is 35.2. The smallest absolute Gasteiger partial charge is 0.368 e. The van der Waals surface area contributed by atoms with Gasteiger partial charge in [0.15, 0.2) is 0 Å². The first kappa shape index (κ1) is 36.6. The minimum atomic E-state index is -1.75. The first-order valence-electron chi connectivity index (χ1n) is 16.9. The van der Waals surface area contributed by atoms with E-state index in [2.05, 4.69) is 59.7 Å². The van der Waals surface area contributed by atoms with Gasteiger partial charge in [-0.25, -0.2) is 4.79 Å². The van der Waals surface area contributed by atoms with Gasteiger partial charge in [0.05, 0.1) is 17.8 Å². The number of carbonyl (C=O) groups excluding carboxylic acids is 3. The number of piperidine rings is 1. The largest absolute Gasteiger partial charge is 0.494 e. The number of hydrogen-bond acceptors (Lipinski definition) is 10. The quantitative estimate of drug-likeness (QED) is 0.0721. The molecule has 2 aromatic carbocycles. The summed E-state index contributed by atoms with van der Waals surface area (Å²) >= 11 is 0. The molecule has 1 aromatic heterocycles. The molecule has 5 rings (SSSR count). The molecule has 0 atom stereocenters. The number of ether oxygens (including phenoxy) is 1. The molecule has 0 radical (unpaired) electrons. The van der Waals surface area contributed by atoms with Gasteiger partial charge in [-0.3, -0.25) is 9.59 Å². The van der Waals surface area contributed by atoms with Crippen LogP contribution in [-0.4, -0.2) is 60.7 Å². The molecule has 2 saturated heterocycles. The van der Waals surface area contributed by atoms with Crippen LogP contribution in [0.3, 0.4) is 0 Å². The van der Waals surface area contributed by atoms with Crippen molar-refractivity contribution in [3.8, 4) is 5.75 Å². The van der Waals surface area contributed by atoms with Crippen molar-refractivity contribution in [2.45, 2.75) is 71.6 Å². The first-order chi connectivity index (χ1) is 23.7. The lowest BCUT2D eigenvalue weighted by atomic mass is 10.1. The molecule has 0 N–H and O–H groups in total. The maximum atomic E-state index is 11.9. The SMILES string of the molecule is CCN(CC)c1ccc2c(/C=C/c3ccc(OCCCCCC(=O)ON4C(=O)CCC4=O)cc3)cc(=[N+]3CCCCC3)oc2c1.O=[N+]([O-])[O-]. The Bertz CT molecular complexity index is 1680. The minimum absolute atomic E-state index is 0.0966. The zero-order valence-electron chi connectivity index (χ0n) is 28.1. The second kappa shape index (κ2) is 18.4. The number of hydroxylamine groups is 2. The van der Waals surface area contributed by atoms with Crippen molar-refractivity contribution in [2.75, 3.05) is 37.7 Å². The van der Waals surface area contributed by atoms with Gasteiger partial charge >= 0.3 is 11.5 Å². The van der Waals surface area contributed by atoms with Crippen LogP contribution in [0, 0.1) is 15.3 Å². The predicted octanol–water partition coefficient (Wildman–Crippen LogP) is 5.71. The number of benzene rings is 2. The Balaban J connectivity index is 0.00000128. The van der Waals surface area contributed by atoms with E-state index in [-0.39, 0.29) is 19.3 Å². The molecule has 2 amide bonds. The van der Waals surface area contributed by atoms with E-state index in [0.717, 1.165) is 72.4 Å². The van der Waals surface area contributed by atoms with Gasteiger partial charge in [-0.15, -0.1) is 5.06 Å². The van der Waals surface area contributed by atoms with Gasteiger partial charge in [-0.1, -0.05) is 24.3 Å². The summed E-state index contributed by atoms with van der Waals surface area (Å²) in [5.74, 6) is -0.690. The van der Waals surface area contributed by atoms with Gasteiger partial charge in [0.1, 0.15) is 24.4 Å². The third-order valence-electron chi connectivity index (χ3n) is 8.39. The number of carbonyl (C=O) groups is 3. The number of nitrogens with zero attached hydrogens (tertiary/aromatic N) is 4. The van der Waals surface area contributed by atoms with E-state index in [0.29, 0.717) is 18.1 Å². The third kappa shape index (κ3) is 10.9. The molecular weight excluding hydrogens is 632 g/mol. The highest BCUT2D eigenvalue weighted by atomic mass is 16.9. The molecular formula is C36H44N4O9. The van der Waals surface area contributed by atoms with Crippen LogP contribution < -0.4 is 19.8 Å². The fourth-order valence-corrected chi connectivity index (χ4v) is 5.79. The molecule has 2 aliphatic heterocycles. The number of hydrogen-bond donors (Lipinski definition) is 0. The number of fused-ring (bicyclic) bond motifs is 1. The van der Waals surface area contributed by atoms with Crippen LogP contribution in [0.4, 0.5) is 5.69 Å². The number of amides is 2. The summed E-state index contributed by atoms with van der Waals surface area (Å²) in [5.41, 5.74) is 5.21. The molecule has 3 heterocycles. The van der Waals surface area contributed by atoms with Gasteiger partial charge in [0.25, 0.3) is 11.8 Å². The fourth-order valence-electron chi connectivity index (χ4n) is 5.79. The number of imide groups is 1. The standard InChI is InChI=1S/C36H44N3O6.NO3/c1-3-37(4-2)29-16-19-31-28(25-35(44-32(31)26-29)38-22-8-6-9-23-38)15-12-27-13-17-30(18-14-27)43-24-10-5-7-11-36(42)45-39-33(40)20-21-34(39)41;2-1(3)4/h12-19,25-26H,3-11,20-24H2,1-2H3;/q+1;-1/b15-12+;. The Hall–Kier alpha value is -5.20. The molecule has 0 aliphatic carbocycles. The predicted molar refractivity (Wildman–Crippen MR) is 186 cm³/mol. The van der Waals surface area contributed by atoms with Crippen LogP contribution in [0.1, 0.15) is 82.8 Å². The Kier molecular flexibility index (Phi) is 13.7. The molecule has 0 spiro atoms. The van der Waals surface area contributed by atoms with Gasteiger partial charge in [-0.2, -0.15) is 4.58 Å². The molecule has 49 heavy (non-hydrogen) atoms. The minimum Gasteiger partial charge on any atom is -0.494 e. The molecule has 0 bridgehead atoms. The van der Waals surface area contributed by atoms with Crippen LogP contribution in [0.2, 0.25) is 0 Å². The summed E-state index contributed by atoms with van der Waals surface area (Å²) in [6.07, 6.45) is 10.4. The highest BCUT2D eigenvalue weighted by molar-refractivity contribution is 6.01. The normalized spacial score (nSPS) is 14.6. The average molecular weight is 677 g/mol. The first-order valence-corrected chi connectivity index (χ1v) is 16.9. The van der Waals surface area contributed by atoms with E-state index in [1.54, 1.807) is 0 Å². The maximum Gasteiger partial charge on any atom is 0.368 e. The van der Waals surface area contributed by atoms with Gasteiger partial charge in [0.2, 0.25) is 0 Å². The van der Waals surface area contributed by atoms with E-state index >= 15 is 0 Å². The summed E-state index contributed by atoms with van der Waals surface area (Å²) < 4.78 is 14.8. The highest BCUT2D eigenvalue weighted by Crippen LogP contribution is 2.25. The van der Waals surface area contributed by atoms with Crippen LogP contribution in [0.25, 0.3) is 23.1 Å². The molecule has 13 heteroatoms. The van der Waals surface area contributed by atoms with E-state index in [1.165, 1.54) is 24.9 Å². The lowest BCUT2D eigenvalue weighted by Gasteiger charge is -2.21. The van der Waals surface area contributed by atoms with E-state index in [4.69, 9.17) is 29.3 Å². The Morgan fingerprint density at radius 1 is 0.939 bits per heavy atom. The Morgan fingerprint density at radius 2 is 1.61 bits per heavy atom. The van der Waals surface area contributed by atoms with Crippen LogP contribution in [0.5, 0.6) is 5.75 Å². The molecule has 0 unspecified atom stereocenters. The summed E-state index contributed by atoms with van der Waals surface area (Å²) in [5, 5.41) is 16.4. The van der Waals surface area contributed by atoms with E-state index < -0.39 is 22.9 Å². The Labute approximate surface area is 285 Å². The van der Waals surface area contributed by atoms with Crippen molar-refractivity contribution in [1.29, 1.82) is 0 Å².